The van der Waals surface area contributed by atoms with Crippen molar-refractivity contribution in [2.75, 3.05) is 0 Å². The summed E-state index contributed by atoms with van der Waals surface area (Å²) in [5.41, 5.74) is 1.63. The van der Waals surface area contributed by atoms with Crippen LogP contribution in [0.2, 0.25) is 0 Å². The standard InChI is InChI=1S/C15H12O2/c16-14-9-10-15(17)13(11-14)8-4-7-12-5-2-1-3-6-12/h1-7,9-11H,8H2. The van der Waals surface area contributed by atoms with E-state index in [1.54, 1.807) is 0 Å². The van der Waals surface area contributed by atoms with Crippen LogP contribution in [-0.2, 0) is 9.59 Å². The second-order valence-corrected chi connectivity index (χ2v) is 3.79. The van der Waals surface area contributed by atoms with Crippen molar-refractivity contribution in [3.8, 4) is 0 Å². The topological polar surface area (TPSA) is 34.1 Å². The highest BCUT2D eigenvalue weighted by atomic mass is 16.1. The Labute approximate surface area is 100.0 Å². The van der Waals surface area contributed by atoms with E-state index in [0.717, 1.165) is 5.56 Å². The average Bonchev–Trinajstić information content (AvgIpc) is 2.35. The van der Waals surface area contributed by atoms with Gasteiger partial charge in [-0.25, -0.2) is 0 Å². The Kier molecular flexibility index (Phi) is 3.46. The summed E-state index contributed by atoms with van der Waals surface area (Å²) in [5.74, 6) is -0.199. The minimum absolute atomic E-state index is 0.0812. The van der Waals surface area contributed by atoms with Crippen LogP contribution < -0.4 is 0 Å². The van der Waals surface area contributed by atoms with Gasteiger partial charge in [-0.1, -0.05) is 42.5 Å². The third-order valence-electron chi connectivity index (χ3n) is 2.48. The Hall–Kier alpha value is -2.22. The molecule has 0 heterocycles. The van der Waals surface area contributed by atoms with Crippen molar-refractivity contribution in [1.29, 1.82) is 0 Å². The maximum absolute atomic E-state index is 11.4. The summed E-state index contributed by atoms with van der Waals surface area (Å²) >= 11 is 0. The lowest BCUT2D eigenvalue weighted by Crippen LogP contribution is -2.06. The number of carbonyl (C=O) groups is 2. The zero-order valence-corrected chi connectivity index (χ0v) is 9.30. The van der Waals surface area contributed by atoms with Gasteiger partial charge >= 0.3 is 0 Å². The van der Waals surface area contributed by atoms with E-state index >= 15 is 0 Å². The summed E-state index contributed by atoms with van der Waals surface area (Å²) in [4.78, 5) is 22.6. The molecule has 0 N–H and O–H groups in total. The first kappa shape index (κ1) is 11.3. The van der Waals surface area contributed by atoms with Crippen LogP contribution in [0.3, 0.4) is 0 Å². The molecule has 2 heteroatoms. The van der Waals surface area contributed by atoms with Crippen molar-refractivity contribution in [3.63, 3.8) is 0 Å². The molecule has 0 spiro atoms. The summed E-state index contributed by atoms with van der Waals surface area (Å²) in [6, 6.07) is 9.83. The van der Waals surface area contributed by atoms with Crippen LogP contribution in [0.4, 0.5) is 0 Å². The SMILES string of the molecule is O=C1C=CC(=O)C(CC=Cc2ccccc2)=C1. The molecule has 0 atom stereocenters. The molecule has 1 aromatic carbocycles. The molecule has 0 saturated heterocycles. The molecule has 84 valence electrons. The van der Waals surface area contributed by atoms with Gasteiger partial charge in [0.15, 0.2) is 11.6 Å². The number of benzene rings is 1. The van der Waals surface area contributed by atoms with E-state index in [1.807, 2.05) is 42.5 Å². The highest BCUT2D eigenvalue weighted by Gasteiger charge is 2.10. The third-order valence-corrected chi connectivity index (χ3v) is 2.48. The molecule has 17 heavy (non-hydrogen) atoms. The minimum atomic E-state index is -0.118. The molecule has 0 amide bonds. The lowest BCUT2D eigenvalue weighted by molar-refractivity contribution is -0.114. The molecule has 0 fully saturated rings. The van der Waals surface area contributed by atoms with E-state index in [1.165, 1.54) is 18.2 Å². The highest BCUT2D eigenvalue weighted by molar-refractivity contribution is 6.17. The highest BCUT2D eigenvalue weighted by Crippen LogP contribution is 2.11. The Morgan fingerprint density at radius 3 is 2.53 bits per heavy atom. The second-order valence-electron chi connectivity index (χ2n) is 3.79. The summed E-state index contributed by atoms with van der Waals surface area (Å²) < 4.78 is 0. The van der Waals surface area contributed by atoms with Gasteiger partial charge in [0.2, 0.25) is 0 Å². The van der Waals surface area contributed by atoms with Crippen molar-refractivity contribution in [3.05, 3.63) is 65.8 Å². The minimum Gasteiger partial charge on any atom is -0.290 e. The smallest absolute Gasteiger partial charge is 0.182 e. The van der Waals surface area contributed by atoms with E-state index < -0.39 is 0 Å². The average molecular weight is 224 g/mol. The largest absolute Gasteiger partial charge is 0.290 e. The first-order valence-corrected chi connectivity index (χ1v) is 5.44. The normalized spacial score (nSPS) is 15.4. The fraction of sp³-hybridized carbons (Fsp3) is 0.0667. The van der Waals surface area contributed by atoms with Crippen molar-refractivity contribution < 1.29 is 9.59 Å². The van der Waals surface area contributed by atoms with Crippen LogP contribution in [0.5, 0.6) is 0 Å². The number of ketones is 2. The summed E-state index contributed by atoms with van der Waals surface area (Å²) in [6.45, 7) is 0. The zero-order valence-electron chi connectivity index (χ0n) is 9.30. The molecule has 0 unspecified atom stereocenters. The van der Waals surface area contributed by atoms with Gasteiger partial charge in [-0.2, -0.15) is 0 Å². The molecule has 1 aliphatic rings. The summed E-state index contributed by atoms with van der Waals surface area (Å²) in [7, 11) is 0. The summed E-state index contributed by atoms with van der Waals surface area (Å²) in [6.07, 6.45) is 8.35. The van der Waals surface area contributed by atoms with Gasteiger partial charge in [-0.05, 0) is 30.2 Å². The maximum Gasteiger partial charge on any atom is 0.182 e. The maximum atomic E-state index is 11.4. The van der Waals surface area contributed by atoms with Crippen LogP contribution in [0.15, 0.2) is 60.2 Å². The van der Waals surface area contributed by atoms with Gasteiger partial charge in [-0.15, -0.1) is 0 Å². The molecule has 0 bridgehead atoms. The van der Waals surface area contributed by atoms with Gasteiger partial charge in [0.1, 0.15) is 0 Å². The van der Waals surface area contributed by atoms with Crippen molar-refractivity contribution in [2.24, 2.45) is 0 Å². The number of allylic oxidation sites excluding steroid dienone is 5. The molecular weight excluding hydrogens is 212 g/mol. The van der Waals surface area contributed by atoms with E-state index in [9.17, 15) is 9.59 Å². The van der Waals surface area contributed by atoms with Crippen LogP contribution in [-0.4, -0.2) is 11.6 Å². The van der Waals surface area contributed by atoms with Crippen molar-refractivity contribution in [1.82, 2.24) is 0 Å². The lowest BCUT2D eigenvalue weighted by Gasteiger charge is -2.02. The Morgan fingerprint density at radius 1 is 1.00 bits per heavy atom. The van der Waals surface area contributed by atoms with Crippen LogP contribution in [0.25, 0.3) is 6.08 Å². The molecule has 0 aliphatic heterocycles. The first-order valence-electron chi connectivity index (χ1n) is 5.44. The van der Waals surface area contributed by atoms with Crippen molar-refractivity contribution in [2.45, 2.75) is 6.42 Å². The first-order chi connectivity index (χ1) is 8.25. The number of carbonyl (C=O) groups excluding carboxylic acids is 2. The molecule has 1 aliphatic carbocycles. The predicted octanol–water partition coefficient (Wildman–Crippen LogP) is 2.72. The van der Waals surface area contributed by atoms with Crippen LogP contribution in [0, 0.1) is 0 Å². The molecule has 0 aromatic heterocycles. The fourth-order valence-corrected chi connectivity index (χ4v) is 1.60. The van der Waals surface area contributed by atoms with Gasteiger partial charge in [-0.3, -0.25) is 9.59 Å². The van der Waals surface area contributed by atoms with Gasteiger partial charge in [0.25, 0.3) is 0 Å². The fourth-order valence-electron chi connectivity index (χ4n) is 1.60. The second kappa shape index (κ2) is 5.21. The van der Waals surface area contributed by atoms with Gasteiger partial charge in [0, 0.05) is 5.57 Å². The van der Waals surface area contributed by atoms with Gasteiger partial charge in [0.05, 0.1) is 0 Å². The van der Waals surface area contributed by atoms with Gasteiger partial charge < -0.3 is 0 Å². The van der Waals surface area contributed by atoms with E-state index in [4.69, 9.17) is 0 Å². The number of hydrogen-bond donors (Lipinski definition) is 0. The molecule has 2 rings (SSSR count). The monoisotopic (exact) mass is 224 g/mol. The van der Waals surface area contributed by atoms with E-state index in [2.05, 4.69) is 0 Å². The molecule has 0 radical (unpaired) electrons. The molecule has 1 aromatic rings. The predicted molar refractivity (Wildman–Crippen MR) is 67.3 cm³/mol. The Morgan fingerprint density at radius 2 is 1.76 bits per heavy atom. The van der Waals surface area contributed by atoms with E-state index in [0.29, 0.717) is 12.0 Å². The number of hydrogen-bond acceptors (Lipinski definition) is 2. The summed E-state index contributed by atoms with van der Waals surface area (Å²) in [5, 5.41) is 0. The van der Waals surface area contributed by atoms with Crippen LogP contribution in [0.1, 0.15) is 12.0 Å². The molecular formula is C15H12O2. The lowest BCUT2D eigenvalue weighted by atomic mass is 10.0. The quantitative estimate of drug-likeness (QED) is 0.740. The van der Waals surface area contributed by atoms with E-state index in [-0.39, 0.29) is 11.6 Å². The van der Waals surface area contributed by atoms with Crippen molar-refractivity contribution >= 4 is 17.6 Å². The zero-order chi connectivity index (χ0) is 12.1. The third kappa shape index (κ3) is 3.11. The van der Waals surface area contributed by atoms with Crippen LogP contribution >= 0.6 is 0 Å². The number of rotatable bonds is 3. The molecule has 0 saturated carbocycles. The molecule has 2 nitrogen and oxygen atoms in total. The Bertz CT molecular complexity index is 519. The Balaban J connectivity index is 2.01.